The van der Waals surface area contributed by atoms with Crippen LogP contribution in [-0.4, -0.2) is 18.4 Å². The first-order valence-electron chi connectivity index (χ1n) is 5.72. The molecule has 6 nitrogen and oxygen atoms in total. The van der Waals surface area contributed by atoms with Gasteiger partial charge in [0, 0.05) is 6.20 Å². The first-order valence-corrected chi connectivity index (χ1v) is 8.40. The Morgan fingerprint density at radius 2 is 2.05 bits per heavy atom. The lowest BCUT2D eigenvalue weighted by Crippen LogP contribution is -2.15. The molecule has 0 bridgehead atoms. The van der Waals surface area contributed by atoms with Crippen LogP contribution in [0.2, 0.25) is 5.02 Å². The van der Waals surface area contributed by atoms with Gasteiger partial charge in [0.15, 0.2) is 5.13 Å². The van der Waals surface area contributed by atoms with E-state index in [9.17, 15) is 13.2 Å². The molecule has 0 aliphatic rings. The number of hydrogen-bond acceptors (Lipinski definition) is 5. The molecule has 3 rings (SSSR count). The molecule has 0 radical (unpaired) electrons. The highest BCUT2D eigenvalue weighted by Crippen LogP contribution is 2.27. The lowest BCUT2D eigenvalue weighted by molar-refractivity contribution is 0.600. The summed E-state index contributed by atoms with van der Waals surface area (Å²) < 4.78 is 27.7. The molecule has 0 saturated heterocycles. The summed E-state index contributed by atoms with van der Waals surface area (Å²) in [6.07, 6.45) is 1.09. The summed E-state index contributed by atoms with van der Waals surface area (Å²) >= 11 is 6.86. The predicted octanol–water partition coefficient (Wildman–Crippen LogP) is 2.44. The molecule has 0 amide bonds. The number of H-pyrrole nitrogens is 1. The van der Waals surface area contributed by atoms with Crippen molar-refractivity contribution in [1.82, 2.24) is 9.97 Å². The zero-order chi connectivity index (χ0) is 15.0. The molecular weight excluding hydrogens is 334 g/mol. The molecule has 0 aliphatic carbocycles. The van der Waals surface area contributed by atoms with Gasteiger partial charge in [-0.2, -0.15) is 0 Å². The Bertz CT molecular complexity index is 946. The second kappa shape index (κ2) is 5.14. The summed E-state index contributed by atoms with van der Waals surface area (Å²) in [5.74, 6) is 0. The Labute approximate surface area is 128 Å². The highest BCUT2D eigenvalue weighted by molar-refractivity contribution is 7.93. The summed E-state index contributed by atoms with van der Waals surface area (Å²) in [7, 11) is -3.86. The van der Waals surface area contributed by atoms with Crippen LogP contribution in [0.25, 0.3) is 10.2 Å². The number of sulfonamides is 1. The Morgan fingerprint density at radius 1 is 1.29 bits per heavy atom. The number of aromatic nitrogens is 2. The predicted molar refractivity (Wildman–Crippen MR) is 82.5 cm³/mol. The van der Waals surface area contributed by atoms with Crippen molar-refractivity contribution in [3.8, 4) is 0 Å². The molecule has 2 N–H and O–H groups in total. The van der Waals surface area contributed by atoms with E-state index in [2.05, 4.69) is 14.7 Å². The van der Waals surface area contributed by atoms with E-state index in [-0.39, 0.29) is 15.0 Å². The van der Waals surface area contributed by atoms with Crippen LogP contribution < -0.4 is 10.3 Å². The molecule has 2 heterocycles. The Kier molecular flexibility index (Phi) is 3.44. The fourth-order valence-corrected chi connectivity index (χ4v) is 4.01. The maximum Gasteiger partial charge on any atom is 0.266 e. The van der Waals surface area contributed by atoms with E-state index < -0.39 is 15.6 Å². The van der Waals surface area contributed by atoms with Crippen LogP contribution in [0.3, 0.4) is 0 Å². The zero-order valence-electron chi connectivity index (χ0n) is 10.3. The Morgan fingerprint density at radius 3 is 2.76 bits per heavy atom. The molecule has 0 aliphatic heterocycles. The summed E-state index contributed by atoms with van der Waals surface area (Å²) in [5.41, 5.74) is 0.162. The van der Waals surface area contributed by atoms with Gasteiger partial charge in [-0.15, -0.1) is 0 Å². The molecule has 0 unspecified atom stereocenters. The van der Waals surface area contributed by atoms with E-state index in [1.807, 2.05) is 18.2 Å². The fourth-order valence-electron chi connectivity index (χ4n) is 1.68. The van der Waals surface area contributed by atoms with Crippen molar-refractivity contribution in [2.24, 2.45) is 0 Å². The molecule has 0 saturated carbocycles. The van der Waals surface area contributed by atoms with Crippen molar-refractivity contribution in [2.75, 3.05) is 4.72 Å². The molecule has 2 aromatic heterocycles. The van der Waals surface area contributed by atoms with Crippen LogP contribution >= 0.6 is 22.9 Å². The van der Waals surface area contributed by atoms with E-state index >= 15 is 0 Å². The lowest BCUT2D eigenvalue weighted by atomic mass is 10.3. The average Bonchev–Trinajstić information content (AvgIpc) is 2.82. The zero-order valence-corrected chi connectivity index (χ0v) is 12.7. The summed E-state index contributed by atoms with van der Waals surface area (Å²) in [5, 5.41) is 0.0562. The largest absolute Gasteiger partial charge is 0.326 e. The van der Waals surface area contributed by atoms with Gasteiger partial charge in [0.2, 0.25) is 0 Å². The molecule has 0 fully saturated rings. The molecule has 0 spiro atoms. The minimum atomic E-state index is -3.86. The molecular formula is C12H8ClN3O3S2. The number of aromatic amines is 1. The van der Waals surface area contributed by atoms with Crippen molar-refractivity contribution < 1.29 is 8.42 Å². The first-order chi connectivity index (χ1) is 9.95. The van der Waals surface area contributed by atoms with Crippen LogP contribution in [0, 0.1) is 0 Å². The van der Waals surface area contributed by atoms with Crippen LogP contribution in [-0.2, 0) is 10.0 Å². The van der Waals surface area contributed by atoms with E-state index in [1.165, 1.54) is 11.3 Å². The van der Waals surface area contributed by atoms with Crippen molar-refractivity contribution in [3.05, 3.63) is 51.9 Å². The van der Waals surface area contributed by atoms with Gasteiger partial charge in [-0.05, 0) is 18.2 Å². The number of rotatable bonds is 3. The number of para-hydroxylation sites is 1. The summed E-state index contributed by atoms with van der Waals surface area (Å²) in [6.45, 7) is 0. The second-order valence-corrected chi connectivity index (χ2v) is 7.22. The maximum absolute atomic E-state index is 12.2. The molecule has 108 valence electrons. The van der Waals surface area contributed by atoms with Crippen LogP contribution in [0.15, 0.2) is 46.2 Å². The third-order valence-electron chi connectivity index (χ3n) is 2.66. The summed E-state index contributed by atoms with van der Waals surface area (Å²) in [4.78, 5) is 17.5. The minimum absolute atomic E-state index is 0.133. The van der Waals surface area contributed by atoms with E-state index in [0.717, 1.165) is 17.0 Å². The Balaban J connectivity index is 1.98. The number of thiazole rings is 1. The minimum Gasteiger partial charge on any atom is -0.326 e. The highest BCUT2D eigenvalue weighted by atomic mass is 35.5. The third-order valence-corrected chi connectivity index (χ3v) is 5.34. The monoisotopic (exact) mass is 341 g/mol. The number of halogens is 1. The smallest absolute Gasteiger partial charge is 0.266 e. The SMILES string of the molecule is O=c1[nH]cc(S(=O)(=O)Nc2nc3ccccc3s2)cc1Cl. The molecule has 9 heteroatoms. The second-order valence-electron chi connectivity index (χ2n) is 4.10. The number of nitrogens with zero attached hydrogens (tertiary/aromatic N) is 1. The van der Waals surface area contributed by atoms with Gasteiger partial charge in [0.25, 0.3) is 15.6 Å². The quantitative estimate of drug-likeness (QED) is 0.765. The van der Waals surface area contributed by atoms with Crippen LogP contribution in [0.1, 0.15) is 0 Å². The van der Waals surface area contributed by atoms with Crippen molar-refractivity contribution >= 4 is 48.3 Å². The topological polar surface area (TPSA) is 91.9 Å². The van der Waals surface area contributed by atoms with Crippen molar-refractivity contribution in [3.63, 3.8) is 0 Å². The van der Waals surface area contributed by atoms with Crippen molar-refractivity contribution in [1.29, 1.82) is 0 Å². The van der Waals surface area contributed by atoms with Crippen LogP contribution in [0.4, 0.5) is 5.13 Å². The van der Waals surface area contributed by atoms with Gasteiger partial charge in [0.1, 0.15) is 9.92 Å². The van der Waals surface area contributed by atoms with Crippen molar-refractivity contribution in [2.45, 2.75) is 4.90 Å². The molecule has 1 aromatic carbocycles. The van der Waals surface area contributed by atoms with Gasteiger partial charge in [-0.1, -0.05) is 35.1 Å². The normalized spacial score (nSPS) is 11.7. The van der Waals surface area contributed by atoms with Gasteiger partial charge < -0.3 is 4.98 Å². The lowest BCUT2D eigenvalue weighted by Gasteiger charge is -2.04. The highest BCUT2D eigenvalue weighted by Gasteiger charge is 2.18. The summed E-state index contributed by atoms with van der Waals surface area (Å²) in [6, 6.07) is 8.40. The number of fused-ring (bicyclic) bond motifs is 1. The molecule has 3 aromatic rings. The number of hydrogen-bond donors (Lipinski definition) is 2. The number of nitrogens with one attached hydrogen (secondary N) is 2. The van der Waals surface area contributed by atoms with E-state index in [4.69, 9.17) is 11.6 Å². The number of anilines is 1. The average molecular weight is 342 g/mol. The maximum atomic E-state index is 12.2. The van der Waals surface area contributed by atoms with Crippen LogP contribution in [0.5, 0.6) is 0 Å². The molecule has 0 atom stereocenters. The van der Waals surface area contributed by atoms with E-state index in [1.54, 1.807) is 6.07 Å². The first kappa shape index (κ1) is 14.1. The third kappa shape index (κ3) is 2.78. The standard InChI is InChI=1S/C12H8ClN3O3S2/c13-8-5-7(6-14-11(8)17)21(18,19)16-12-15-9-3-1-2-4-10(9)20-12/h1-6H,(H,14,17)(H,15,16). The van der Waals surface area contributed by atoms with Gasteiger partial charge in [0.05, 0.1) is 10.2 Å². The van der Waals surface area contributed by atoms with Gasteiger partial charge in [-0.3, -0.25) is 9.52 Å². The number of benzene rings is 1. The van der Waals surface area contributed by atoms with Gasteiger partial charge >= 0.3 is 0 Å². The van der Waals surface area contributed by atoms with Gasteiger partial charge in [-0.25, -0.2) is 13.4 Å². The number of pyridine rings is 1. The van der Waals surface area contributed by atoms with E-state index in [0.29, 0.717) is 5.52 Å². The fraction of sp³-hybridized carbons (Fsp3) is 0. The Hall–Kier alpha value is -1.90. The molecule has 21 heavy (non-hydrogen) atoms.